The molecule has 4 heteroatoms. The van der Waals surface area contributed by atoms with Crippen LogP contribution in [-0.2, 0) is 4.79 Å². The number of nitrogens with one attached hydrogen (secondary N) is 1. The standard InChI is InChI=1S/C14H24N2O2/c1-14(2)9(6-10(14)17)16-13(18)11-7-3-4-8(5-7)12(11)15/h7-12,17H,3-6,15H2,1-2H3,(H,16,18). The van der Waals surface area contributed by atoms with Gasteiger partial charge in [0.25, 0.3) is 0 Å². The summed E-state index contributed by atoms with van der Waals surface area (Å²) in [5.41, 5.74) is 5.99. The number of rotatable bonds is 2. The van der Waals surface area contributed by atoms with Crippen LogP contribution in [0, 0.1) is 23.2 Å². The van der Waals surface area contributed by atoms with Crippen LogP contribution in [-0.4, -0.2) is 29.2 Å². The predicted octanol–water partition coefficient (Wildman–Crippen LogP) is 0.635. The van der Waals surface area contributed by atoms with Crippen LogP contribution in [0.3, 0.4) is 0 Å². The predicted molar refractivity (Wildman–Crippen MR) is 68.6 cm³/mol. The first kappa shape index (κ1) is 12.4. The van der Waals surface area contributed by atoms with Crippen molar-refractivity contribution in [2.75, 3.05) is 0 Å². The van der Waals surface area contributed by atoms with Gasteiger partial charge < -0.3 is 16.2 Å². The van der Waals surface area contributed by atoms with Gasteiger partial charge in [-0.1, -0.05) is 13.8 Å². The van der Waals surface area contributed by atoms with Gasteiger partial charge in [0.15, 0.2) is 0 Å². The second-order valence-corrected chi connectivity index (χ2v) is 7.07. The minimum Gasteiger partial charge on any atom is -0.392 e. The number of aliphatic hydroxyl groups is 1. The van der Waals surface area contributed by atoms with E-state index in [1.54, 1.807) is 0 Å². The fourth-order valence-electron chi connectivity index (χ4n) is 4.14. The van der Waals surface area contributed by atoms with Crippen LogP contribution in [0.5, 0.6) is 0 Å². The zero-order valence-electron chi connectivity index (χ0n) is 11.2. The van der Waals surface area contributed by atoms with E-state index in [0.29, 0.717) is 18.3 Å². The van der Waals surface area contributed by atoms with Crippen molar-refractivity contribution >= 4 is 5.91 Å². The van der Waals surface area contributed by atoms with Gasteiger partial charge in [-0.2, -0.15) is 0 Å². The molecule has 0 saturated heterocycles. The molecule has 0 aromatic rings. The lowest BCUT2D eigenvalue weighted by molar-refractivity contribution is -0.135. The molecule has 0 aromatic heterocycles. The summed E-state index contributed by atoms with van der Waals surface area (Å²) < 4.78 is 0. The highest BCUT2D eigenvalue weighted by Gasteiger charge is 2.52. The van der Waals surface area contributed by atoms with Gasteiger partial charge in [-0.15, -0.1) is 0 Å². The zero-order valence-corrected chi connectivity index (χ0v) is 11.2. The molecule has 0 radical (unpaired) electrons. The number of carbonyl (C=O) groups excluding carboxylic acids is 1. The summed E-state index contributed by atoms with van der Waals surface area (Å²) in [7, 11) is 0. The number of hydrogen-bond acceptors (Lipinski definition) is 3. The Morgan fingerprint density at radius 2 is 1.94 bits per heavy atom. The normalized spacial score (nSPS) is 48.9. The zero-order chi connectivity index (χ0) is 13.1. The number of aliphatic hydroxyl groups excluding tert-OH is 1. The minimum atomic E-state index is -0.295. The summed E-state index contributed by atoms with van der Waals surface area (Å²) in [4.78, 5) is 12.4. The second kappa shape index (κ2) is 3.94. The summed E-state index contributed by atoms with van der Waals surface area (Å²) in [6.07, 6.45) is 3.87. The van der Waals surface area contributed by atoms with Crippen LogP contribution >= 0.6 is 0 Å². The number of carbonyl (C=O) groups is 1. The molecule has 0 heterocycles. The van der Waals surface area contributed by atoms with Crippen LogP contribution in [0.1, 0.15) is 39.5 Å². The average Bonchev–Trinajstić information content (AvgIpc) is 2.88. The largest absolute Gasteiger partial charge is 0.392 e. The van der Waals surface area contributed by atoms with E-state index in [1.807, 2.05) is 13.8 Å². The van der Waals surface area contributed by atoms with E-state index in [-0.39, 0.29) is 35.4 Å². The Hall–Kier alpha value is -0.610. The van der Waals surface area contributed by atoms with Crippen LogP contribution in [0.2, 0.25) is 0 Å². The van der Waals surface area contributed by atoms with Crippen molar-refractivity contribution in [3.8, 4) is 0 Å². The SMILES string of the molecule is CC1(C)C(O)CC1NC(=O)C1C2CCC(C2)C1N. The molecule has 18 heavy (non-hydrogen) atoms. The Kier molecular flexibility index (Phi) is 2.72. The maximum Gasteiger partial charge on any atom is 0.225 e. The molecule has 2 bridgehead atoms. The van der Waals surface area contributed by atoms with E-state index in [0.717, 1.165) is 12.8 Å². The number of amides is 1. The first-order valence-electron chi connectivity index (χ1n) is 7.15. The summed E-state index contributed by atoms with van der Waals surface area (Å²) in [5.74, 6) is 1.20. The maximum absolute atomic E-state index is 12.4. The molecular formula is C14H24N2O2. The lowest BCUT2D eigenvalue weighted by Crippen LogP contribution is -2.62. The highest BCUT2D eigenvalue weighted by atomic mass is 16.3. The van der Waals surface area contributed by atoms with Crippen LogP contribution in [0.25, 0.3) is 0 Å². The van der Waals surface area contributed by atoms with E-state index >= 15 is 0 Å². The van der Waals surface area contributed by atoms with Gasteiger partial charge >= 0.3 is 0 Å². The Balaban J connectivity index is 1.63. The molecule has 0 spiro atoms. The lowest BCUT2D eigenvalue weighted by Gasteiger charge is -2.50. The molecule has 3 aliphatic carbocycles. The quantitative estimate of drug-likeness (QED) is 0.675. The summed E-state index contributed by atoms with van der Waals surface area (Å²) >= 11 is 0. The fourth-order valence-corrected chi connectivity index (χ4v) is 4.14. The van der Waals surface area contributed by atoms with E-state index in [9.17, 15) is 9.90 Å². The molecule has 102 valence electrons. The third kappa shape index (κ3) is 1.62. The third-order valence-corrected chi connectivity index (χ3v) is 5.82. The van der Waals surface area contributed by atoms with Gasteiger partial charge in [0.1, 0.15) is 0 Å². The fraction of sp³-hybridized carbons (Fsp3) is 0.929. The molecule has 4 nitrogen and oxygen atoms in total. The molecule has 6 unspecified atom stereocenters. The number of hydrogen-bond donors (Lipinski definition) is 3. The van der Waals surface area contributed by atoms with Crippen molar-refractivity contribution in [1.82, 2.24) is 5.32 Å². The van der Waals surface area contributed by atoms with Crippen molar-refractivity contribution < 1.29 is 9.90 Å². The van der Waals surface area contributed by atoms with Crippen LogP contribution < -0.4 is 11.1 Å². The van der Waals surface area contributed by atoms with Crippen LogP contribution in [0.15, 0.2) is 0 Å². The summed E-state index contributed by atoms with van der Waals surface area (Å²) in [6, 6.07) is 0.156. The Labute approximate surface area is 108 Å². The molecule has 0 aliphatic heterocycles. The van der Waals surface area contributed by atoms with E-state index in [2.05, 4.69) is 5.32 Å². The van der Waals surface area contributed by atoms with Crippen molar-refractivity contribution in [2.24, 2.45) is 28.9 Å². The monoisotopic (exact) mass is 252 g/mol. The minimum absolute atomic E-state index is 0.0114. The van der Waals surface area contributed by atoms with Gasteiger partial charge in [0.2, 0.25) is 5.91 Å². The smallest absolute Gasteiger partial charge is 0.225 e. The van der Waals surface area contributed by atoms with Gasteiger partial charge in [-0.3, -0.25) is 4.79 Å². The molecule has 3 aliphatic rings. The third-order valence-electron chi connectivity index (χ3n) is 5.82. The molecule has 3 rings (SSSR count). The Morgan fingerprint density at radius 3 is 2.44 bits per heavy atom. The van der Waals surface area contributed by atoms with Gasteiger partial charge in [0, 0.05) is 17.5 Å². The molecule has 3 saturated carbocycles. The van der Waals surface area contributed by atoms with Crippen molar-refractivity contribution in [2.45, 2.75) is 57.7 Å². The van der Waals surface area contributed by atoms with Crippen LogP contribution in [0.4, 0.5) is 0 Å². The molecule has 3 fully saturated rings. The van der Waals surface area contributed by atoms with Gasteiger partial charge in [0.05, 0.1) is 12.0 Å². The first-order chi connectivity index (χ1) is 8.41. The van der Waals surface area contributed by atoms with Crippen molar-refractivity contribution in [1.29, 1.82) is 0 Å². The van der Waals surface area contributed by atoms with E-state index in [1.165, 1.54) is 6.42 Å². The Morgan fingerprint density at radius 1 is 1.28 bits per heavy atom. The Bertz CT molecular complexity index is 367. The molecule has 0 aromatic carbocycles. The number of nitrogens with two attached hydrogens (primary N) is 1. The van der Waals surface area contributed by atoms with Crippen molar-refractivity contribution in [3.63, 3.8) is 0 Å². The second-order valence-electron chi connectivity index (χ2n) is 7.07. The molecule has 4 N–H and O–H groups in total. The van der Waals surface area contributed by atoms with Gasteiger partial charge in [-0.05, 0) is 37.5 Å². The van der Waals surface area contributed by atoms with E-state index in [4.69, 9.17) is 5.73 Å². The summed E-state index contributed by atoms with van der Waals surface area (Å²) in [6.45, 7) is 4.01. The maximum atomic E-state index is 12.4. The highest BCUT2D eigenvalue weighted by Crippen LogP contribution is 2.48. The summed E-state index contributed by atoms with van der Waals surface area (Å²) in [5, 5.41) is 12.8. The van der Waals surface area contributed by atoms with Gasteiger partial charge in [-0.25, -0.2) is 0 Å². The molecule has 6 atom stereocenters. The lowest BCUT2D eigenvalue weighted by atomic mass is 9.64. The highest BCUT2D eigenvalue weighted by molar-refractivity contribution is 5.81. The van der Waals surface area contributed by atoms with E-state index < -0.39 is 0 Å². The topological polar surface area (TPSA) is 75.3 Å². The molecular weight excluding hydrogens is 228 g/mol. The first-order valence-corrected chi connectivity index (χ1v) is 7.15. The average molecular weight is 252 g/mol. The number of fused-ring (bicyclic) bond motifs is 2. The molecule has 1 amide bonds. The van der Waals surface area contributed by atoms with Crippen molar-refractivity contribution in [3.05, 3.63) is 0 Å².